The van der Waals surface area contributed by atoms with Gasteiger partial charge in [0.15, 0.2) is 0 Å². The molecule has 0 aliphatic carbocycles. The van der Waals surface area contributed by atoms with E-state index in [1.54, 1.807) is 7.11 Å². The molecule has 190 valence electrons. The van der Waals surface area contributed by atoms with E-state index in [2.05, 4.69) is 52.7 Å². The van der Waals surface area contributed by atoms with E-state index in [0.717, 1.165) is 36.5 Å². The van der Waals surface area contributed by atoms with Crippen LogP contribution in [0.5, 0.6) is 5.75 Å². The van der Waals surface area contributed by atoms with Crippen LogP contribution in [0.2, 0.25) is 0 Å². The molecule has 0 spiro atoms. The van der Waals surface area contributed by atoms with Crippen LogP contribution >= 0.6 is 31.9 Å². The molecule has 0 bridgehead atoms. The quantitative estimate of drug-likeness (QED) is 0.164. The predicted molar refractivity (Wildman–Crippen MR) is 150 cm³/mol. The minimum atomic E-state index is -0.922. The number of hydrazone groups is 1. The van der Waals surface area contributed by atoms with Crippen LogP contribution in [-0.2, 0) is 22.6 Å². The van der Waals surface area contributed by atoms with Gasteiger partial charge in [-0.3, -0.25) is 4.79 Å². The lowest BCUT2D eigenvalue weighted by Gasteiger charge is -2.17. The summed E-state index contributed by atoms with van der Waals surface area (Å²) in [7, 11) is 1.57. The zero-order chi connectivity index (χ0) is 26.2. The summed E-state index contributed by atoms with van der Waals surface area (Å²) in [5, 5.41) is 7.73. The van der Waals surface area contributed by atoms with E-state index >= 15 is 0 Å². The highest BCUT2D eigenvalue weighted by atomic mass is 79.9. The molecule has 37 heavy (non-hydrogen) atoms. The summed E-state index contributed by atoms with van der Waals surface area (Å²) >= 11 is 6.89. The first-order chi connectivity index (χ1) is 17.9. The Kier molecular flexibility index (Phi) is 8.97. The number of carbonyl (C=O) groups excluding carboxylic acids is 2. The normalized spacial score (nSPS) is 11.9. The third kappa shape index (κ3) is 6.99. The second-order valence-corrected chi connectivity index (χ2v) is 9.78. The minimum Gasteiger partial charge on any atom is -0.494 e. The van der Waals surface area contributed by atoms with Crippen molar-refractivity contribution in [1.29, 1.82) is 0 Å². The molecule has 2 amide bonds. The van der Waals surface area contributed by atoms with Crippen LogP contribution in [0.25, 0.3) is 10.9 Å². The van der Waals surface area contributed by atoms with Crippen molar-refractivity contribution in [3.8, 4) is 5.75 Å². The number of benzene rings is 3. The van der Waals surface area contributed by atoms with E-state index in [1.807, 2.05) is 72.9 Å². The van der Waals surface area contributed by atoms with Crippen LogP contribution in [-0.4, -0.2) is 36.4 Å². The Labute approximate surface area is 230 Å². The molecule has 0 unspecified atom stereocenters. The smallest absolute Gasteiger partial charge is 0.408 e. The second kappa shape index (κ2) is 12.6. The maximum Gasteiger partial charge on any atom is 0.408 e. The first kappa shape index (κ1) is 26.4. The lowest BCUT2D eigenvalue weighted by Crippen LogP contribution is -2.47. The van der Waals surface area contributed by atoms with Gasteiger partial charge in [0, 0.05) is 23.5 Å². The van der Waals surface area contributed by atoms with Gasteiger partial charge in [0.25, 0.3) is 5.91 Å². The molecule has 1 atom stereocenters. The van der Waals surface area contributed by atoms with E-state index in [-0.39, 0.29) is 13.0 Å². The van der Waals surface area contributed by atoms with E-state index < -0.39 is 18.0 Å². The molecule has 3 N–H and O–H groups in total. The molecular weight excluding hydrogens is 604 g/mol. The monoisotopic (exact) mass is 626 g/mol. The van der Waals surface area contributed by atoms with E-state index in [9.17, 15) is 9.59 Å². The van der Waals surface area contributed by atoms with Gasteiger partial charge < -0.3 is 19.8 Å². The highest BCUT2D eigenvalue weighted by Gasteiger charge is 2.23. The molecule has 1 heterocycles. The molecule has 4 rings (SSSR count). The molecule has 0 radical (unpaired) electrons. The summed E-state index contributed by atoms with van der Waals surface area (Å²) in [4.78, 5) is 28.9. The Hall–Kier alpha value is -3.63. The number of aromatic amines is 1. The van der Waals surface area contributed by atoms with Gasteiger partial charge in [0.1, 0.15) is 18.4 Å². The first-order valence-corrected chi connectivity index (χ1v) is 12.9. The van der Waals surface area contributed by atoms with Crippen molar-refractivity contribution >= 4 is 61.0 Å². The van der Waals surface area contributed by atoms with Crippen molar-refractivity contribution in [3.63, 3.8) is 0 Å². The average Bonchev–Trinajstić information content (AvgIpc) is 3.30. The lowest BCUT2D eigenvalue weighted by molar-refractivity contribution is -0.123. The average molecular weight is 628 g/mol. The first-order valence-electron chi connectivity index (χ1n) is 11.3. The predicted octanol–water partition coefficient (Wildman–Crippen LogP) is 5.69. The number of aromatic nitrogens is 1. The summed E-state index contributed by atoms with van der Waals surface area (Å²) < 4.78 is 12.1. The highest BCUT2D eigenvalue weighted by Crippen LogP contribution is 2.33. The molecule has 4 aromatic rings. The van der Waals surface area contributed by atoms with Gasteiger partial charge in [-0.1, -0.05) is 48.5 Å². The van der Waals surface area contributed by atoms with Crippen molar-refractivity contribution in [2.24, 2.45) is 5.10 Å². The van der Waals surface area contributed by atoms with E-state index in [4.69, 9.17) is 9.47 Å². The third-order valence-corrected chi connectivity index (χ3v) is 6.71. The van der Waals surface area contributed by atoms with Gasteiger partial charge >= 0.3 is 6.09 Å². The number of hydrogen-bond acceptors (Lipinski definition) is 5. The Morgan fingerprint density at radius 2 is 1.76 bits per heavy atom. The maximum atomic E-state index is 13.1. The summed E-state index contributed by atoms with van der Waals surface area (Å²) in [6, 6.07) is 19.8. The largest absolute Gasteiger partial charge is 0.494 e. The molecule has 0 fully saturated rings. The fourth-order valence-electron chi connectivity index (χ4n) is 3.73. The Morgan fingerprint density at radius 1 is 1.05 bits per heavy atom. The molecule has 3 aromatic carbocycles. The number of halogens is 2. The number of methoxy groups -OCH3 is 1. The number of ether oxygens (including phenoxy) is 2. The third-order valence-electron chi connectivity index (χ3n) is 5.53. The van der Waals surface area contributed by atoms with Crippen LogP contribution in [0.4, 0.5) is 4.79 Å². The van der Waals surface area contributed by atoms with Gasteiger partial charge in [-0.25, -0.2) is 10.2 Å². The summed E-state index contributed by atoms with van der Waals surface area (Å²) in [6.45, 7) is 0.0907. The SMILES string of the molecule is COc1c(Br)cc(/C=N\NC(=O)[C@@H](Cc2c[nH]c3ccccc23)NC(=O)OCc2ccccc2)cc1Br. The Balaban J connectivity index is 1.47. The molecule has 0 aliphatic heterocycles. The minimum absolute atomic E-state index is 0.0907. The molecule has 10 heteroatoms. The standard InChI is InChI=1S/C27H24Br2N4O4/c1-36-25-21(28)11-18(12-22(25)29)14-31-33-26(34)24(13-19-15-30-23-10-6-5-9-20(19)23)32-27(35)37-16-17-7-3-2-4-8-17/h2-12,14-15,24,30H,13,16H2,1H3,(H,32,35)(H,33,34)/b31-14-/t24-/m1/s1. The number of para-hydroxylation sites is 1. The number of nitrogens with zero attached hydrogens (tertiary/aromatic N) is 1. The Morgan fingerprint density at radius 3 is 2.49 bits per heavy atom. The van der Waals surface area contributed by atoms with Crippen molar-refractivity contribution in [3.05, 3.63) is 98.6 Å². The molecule has 1 aromatic heterocycles. The van der Waals surface area contributed by atoms with Crippen molar-refractivity contribution in [2.45, 2.75) is 19.1 Å². The van der Waals surface area contributed by atoms with Crippen LogP contribution in [0.15, 0.2) is 87.0 Å². The lowest BCUT2D eigenvalue weighted by atomic mass is 10.0. The van der Waals surface area contributed by atoms with Crippen LogP contribution in [0, 0.1) is 0 Å². The van der Waals surface area contributed by atoms with Gasteiger partial charge in [-0.05, 0) is 66.7 Å². The van der Waals surface area contributed by atoms with Crippen LogP contribution in [0.1, 0.15) is 16.7 Å². The van der Waals surface area contributed by atoms with Crippen molar-refractivity contribution in [2.75, 3.05) is 7.11 Å². The summed E-state index contributed by atoms with van der Waals surface area (Å²) in [6.07, 6.45) is 2.88. The van der Waals surface area contributed by atoms with E-state index in [0.29, 0.717) is 5.75 Å². The summed E-state index contributed by atoms with van der Waals surface area (Å²) in [5.74, 6) is 0.169. The van der Waals surface area contributed by atoms with E-state index in [1.165, 1.54) is 6.21 Å². The molecule has 8 nitrogen and oxygen atoms in total. The number of alkyl carbamates (subject to hydrolysis) is 1. The molecule has 0 saturated carbocycles. The van der Waals surface area contributed by atoms with Crippen molar-refractivity contribution < 1.29 is 19.1 Å². The van der Waals surface area contributed by atoms with Crippen molar-refractivity contribution in [1.82, 2.24) is 15.7 Å². The topological polar surface area (TPSA) is 105 Å². The van der Waals surface area contributed by atoms with Crippen LogP contribution < -0.4 is 15.5 Å². The zero-order valence-electron chi connectivity index (χ0n) is 19.8. The fourth-order valence-corrected chi connectivity index (χ4v) is 5.28. The number of hydrogen-bond donors (Lipinski definition) is 3. The summed E-state index contributed by atoms with van der Waals surface area (Å²) in [5.41, 5.74) is 5.92. The highest BCUT2D eigenvalue weighted by molar-refractivity contribution is 9.11. The molecule has 0 aliphatic rings. The zero-order valence-corrected chi connectivity index (χ0v) is 23.0. The number of amides is 2. The number of rotatable bonds is 9. The number of fused-ring (bicyclic) bond motifs is 1. The number of H-pyrrole nitrogens is 1. The second-order valence-electron chi connectivity index (χ2n) is 8.07. The molecule has 0 saturated heterocycles. The van der Waals surface area contributed by atoms with Crippen LogP contribution in [0.3, 0.4) is 0 Å². The maximum absolute atomic E-state index is 13.1. The van der Waals surface area contributed by atoms with Gasteiger partial charge in [0.2, 0.25) is 0 Å². The Bertz CT molecular complexity index is 1400. The number of nitrogens with one attached hydrogen (secondary N) is 3. The van der Waals surface area contributed by atoms with Gasteiger partial charge in [-0.2, -0.15) is 5.10 Å². The van der Waals surface area contributed by atoms with Gasteiger partial charge in [0.05, 0.1) is 22.3 Å². The molecular formula is C27H24Br2N4O4. The van der Waals surface area contributed by atoms with Gasteiger partial charge in [-0.15, -0.1) is 0 Å². The number of carbonyl (C=O) groups is 2. The fraction of sp³-hybridized carbons (Fsp3) is 0.148.